The fourth-order valence-electron chi connectivity index (χ4n) is 0. The minimum atomic E-state index is -1.20. The van der Waals surface area contributed by atoms with Crippen LogP contribution in [-0.4, -0.2) is 50.2 Å². The molecule has 0 atom stereocenters. The smallest absolute Gasteiger partial charge is 0.313 e. The Morgan fingerprint density at radius 1 is 1.00 bits per heavy atom. The molecular weight excluding hydrogens is 268 g/mol. The first-order valence-corrected chi connectivity index (χ1v) is 5.77. The summed E-state index contributed by atoms with van der Waals surface area (Å²) in [7, 11) is 0. The highest BCUT2D eigenvalue weighted by molar-refractivity contribution is 7.81. The SMILES string of the molecule is CC(C)(C)C(O)O.O=C(O)CS.O=C(O)CS. The quantitative estimate of drug-likeness (QED) is 0.323. The molecular formula is C9H20O6S2. The number of hydrogen-bond donors (Lipinski definition) is 6. The first-order chi connectivity index (χ1) is 7.48. The van der Waals surface area contributed by atoms with Gasteiger partial charge in [0.1, 0.15) is 0 Å². The summed E-state index contributed by atoms with van der Waals surface area (Å²) in [6.07, 6.45) is -1.20. The van der Waals surface area contributed by atoms with E-state index in [2.05, 4.69) is 25.3 Å². The highest BCUT2D eigenvalue weighted by Crippen LogP contribution is 2.15. The fourth-order valence-corrected chi connectivity index (χ4v) is 0. The molecule has 104 valence electrons. The average molecular weight is 288 g/mol. The molecule has 0 unspecified atom stereocenters. The fraction of sp³-hybridized carbons (Fsp3) is 0.778. The maximum atomic E-state index is 9.29. The molecule has 0 aliphatic carbocycles. The molecule has 0 radical (unpaired) electrons. The Bertz CT molecular complexity index is 198. The van der Waals surface area contributed by atoms with E-state index in [1.165, 1.54) is 0 Å². The van der Waals surface area contributed by atoms with Crippen molar-refractivity contribution in [3.05, 3.63) is 0 Å². The van der Waals surface area contributed by atoms with Gasteiger partial charge in [-0.1, -0.05) is 20.8 Å². The second kappa shape index (κ2) is 12.0. The van der Waals surface area contributed by atoms with Gasteiger partial charge >= 0.3 is 11.9 Å². The molecule has 17 heavy (non-hydrogen) atoms. The maximum absolute atomic E-state index is 9.29. The van der Waals surface area contributed by atoms with Gasteiger partial charge in [0, 0.05) is 5.41 Å². The standard InChI is InChI=1S/C5H12O2.2C2H4O2S/c1-5(2,3)4(6)7;2*3-2(4)1-5/h4,6-7H,1-3H3;2*5H,1H2,(H,3,4). The van der Waals surface area contributed by atoms with Crippen LogP contribution in [-0.2, 0) is 9.59 Å². The Balaban J connectivity index is -0.000000177. The minimum absolute atomic E-state index is 0.0833. The summed E-state index contributed by atoms with van der Waals surface area (Å²) < 4.78 is 0. The predicted molar refractivity (Wildman–Crippen MR) is 70.7 cm³/mol. The van der Waals surface area contributed by atoms with Gasteiger partial charge in [-0.25, -0.2) is 0 Å². The first kappa shape index (κ1) is 21.8. The number of carboxylic acid groups (broad SMARTS) is 2. The topological polar surface area (TPSA) is 115 Å². The molecule has 0 fully saturated rings. The third-order valence-electron chi connectivity index (χ3n) is 1.05. The van der Waals surface area contributed by atoms with E-state index in [9.17, 15) is 9.59 Å². The van der Waals surface area contributed by atoms with Crippen molar-refractivity contribution in [2.24, 2.45) is 5.41 Å². The summed E-state index contributed by atoms with van der Waals surface area (Å²) in [6.45, 7) is 5.28. The molecule has 0 aromatic rings. The monoisotopic (exact) mass is 288 g/mol. The van der Waals surface area contributed by atoms with Gasteiger partial charge in [0.15, 0.2) is 6.29 Å². The Morgan fingerprint density at radius 2 is 1.12 bits per heavy atom. The summed E-state index contributed by atoms with van der Waals surface area (Å²) >= 11 is 6.83. The lowest BCUT2D eigenvalue weighted by atomic mass is 9.96. The Hall–Kier alpha value is -0.440. The van der Waals surface area contributed by atoms with Crippen molar-refractivity contribution in [3.63, 3.8) is 0 Å². The summed E-state index contributed by atoms with van der Waals surface area (Å²) in [5.74, 6) is -1.93. The van der Waals surface area contributed by atoms with Crippen LogP contribution < -0.4 is 0 Å². The lowest BCUT2D eigenvalue weighted by molar-refractivity contribution is -0.134. The van der Waals surface area contributed by atoms with Gasteiger partial charge in [0.25, 0.3) is 0 Å². The lowest BCUT2D eigenvalue weighted by Crippen LogP contribution is -2.24. The van der Waals surface area contributed by atoms with Crippen molar-refractivity contribution in [2.45, 2.75) is 27.1 Å². The van der Waals surface area contributed by atoms with Crippen LogP contribution in [0.2, 0.25) is 0 Å². The van der Waals surface area contributed by atoms with Crippen LogP contribution in [0.4, 0.5) is 0 Å². The molecule has 0 saturated carbocycles. The highest BCUT2D eigenvalue weighted by atomic mass is 32.1. The normalized spacial score (nSPS) is 9.65. The number of thiol groups is 2. The first-order valence-electron chi connectivity index (χ1n) is 4.50. The molecule has 0 aliphatic rings. The van der Waals surface area contributed by atoms with Gasteiger partial charge in [0.2, 0.25) is 0 Å². The number of carbonyl (C=O) groups is 2. The van der Waals surface area contributed by atoms with Crippen LogP contribution in [0.15, 0.2) is 0 Å². The molecule has 0 aliphatic heterocycles. The number of hydrogen-bond acceptors (Lipinski definition) is 6. The van der Waals surface area contributed by atoms with Crippen molar-refractivity contribution < 1.29 is 30.0 Å². The average Bonchev–Trinajstić information content (AvgIpc) is 2.18. The molecule has 8 heteroatoms. The largest absolute Gasteiger partial charge is 0.481 e. The summed E-state index contributed by atoms with van der Waals surface area (Å²) in [5, 5.41) is 32.2. The van der Waals surface area contributed by atoms with E-state index in [-0.39, 0.29) is 16.9 Å². The van der Waals surface area contributed by atoms with Gasteiger partial charge in [-0.15, -0.1) is 0 Å². The molecule has 0 bridgehead atoms. The van der Waals surface area contributed by atoms with Crippen molar-refractivity contribution in [1.29, 1.82) is 0 Å². The van der Waals surface area contributed by atoms with Crippen LogP contribution in [0.1, 0.15) is 20.8 Å². The minimum Gasteiger partial charge on any atom is -0.481 e. The van der Waals surface area contributed by atoms with E-state index in [0.29, 0.717) is 0 Å². The van der Waals surface area contributed by atoms with Crippen LogP contribution >= 0.6 is 25.3 Å². The third kappa shape index (κ3) is 31.3. The van der Waals surface area contributed by atoms with E-state index in [1.54, 1.807) is 20.8 Å². The Labute approximate surface area is 111 Å². The van der Waals surface area contributed by atoms with E-state index in [0.717, 1.165) is 0 Å². The zero-order valence-electron chi connectivity index (χ0n) is 9.99. The number of carboxylic acids is 2. The number of rotatable bonds is 2. The number of aliphatic hydroxyl groups is 2. The van der Waals surface area contributed by atoms with Crippen LogP contribution in [0.25, 0.3) is 0 Å². The zero-order valence-corrected chi connectivity index (χ0v) is 11.8. The molecule has 0 heterocycles. The molecule has 6 nitrogen and oxygen atoms in total. The van der Waals surface area contributed by atoms with Crippen molar-refractivity contribution in [1.82, 2.24) is 0 Å². The third-order valence-corrected chi connectivity index (χ3v) is 1.59. The zero-order chi connectivity index (χ0) is 14.6. The van der Waals surface area contributed by atoms with E-state index in [1.807, 2.05) is 0 Å². The second-order valence-electron chi connectivity index (χ2n) is 3.84. The van der Waals surface area contributed by atoms with Gasteiger partial charge in [-0.3, -0.25) is 9.59 Å². The molecule has 0 aromatic heterocycles. The van der Waals surface area contributed by atoms with Crippen LogP contribution in [0, 0.1) is 5.41 Å². The molecule has 0 spiro atoms. The number of aliphatic carboxylic acids is 2. The molecule has 0 aromatic carbocycles. The van der Waals surface area contributed by atoms with E-state index < -0.39 is 18.2 Å². The van der Waals surface area contributed by atoms with Gasteiger partial charge in [-0.2, -0.15) is 25.3 Å². The highest BCUT2D eigenvalue weighted by Gasteiger charge is 2.18. The summed E-state index contributed by atoms with van der Waals surface area (Å²) in [4.78, 5) is 18.6. The number of aliphatic hydroxyl groups excluding tert-OH is 1. The van der Waals surface area contributed by atoms with Crippen molar-refractivity contribution in [2.75, 3.05) is 11.5 Å². The van der Waals surface area contributed by atoms with Crippen molar-refractivity contribution >= 4 is 37.2 Å². The van der Waals surface area contributed by atoms with E-state index in [4.69, 9.17) is 20.4 Å². The van der Waals surface area contributed by atoms with Gasteiger partial charge in [0.05, 0.1) is 11.5 Å². The molecule has 0 amide bonds. The van der Waals surface area contributed by atoms with Crippen LogP contribution in [0.3, 0.4) is 0 Å². The van der Waals surface area contributed by atoms with Gasteiger partial charge in [-0.05, 0) is 0 Å². The Morgan fingerprint density at radius 3 is 1.12 bits per heavy atom. The summed E-state index contributed by atoms with van der Waals surface area (Å²) in [6, 6.07) is 0. The Kier molecular flexibility index (Phi) is 15.4. The predicted octanol–water partition coefficient (Wildman–Crippen LogP) is 0.345. The van der Waals surface area contributed by atoms with E-state index >= 15 is 0 Å². The molecule has 0 rings (SSSR count). The lowest BCUT2D eigenvalue weighted by Gasteiger charge is -2.19. The second-order valence-corrected chi connectivity index (χ2v) is 4.48. The molecule has 0 saturated heterocycles. The van der Waals surface area contributed by atoms with Crippen LogP contribution in [0.5, 0.6) is 0 Å². The molecule has 4 N–H and O–H groups in total. The maximum Gasteiger partial charge on any atom is 0.313 e. The summed E-state index contributed by atoms with van der Waals surface area (Å²) in [5.41, 5.74) is -0.389. The van der Waals surface area contributed by atoms with Crippen molar-refractivity contribution in [3.8, 4) is 0 Å². The van der Waals surface area contributed by atoms with Gasteiger partial charge < -0.3 is 20.4 Å².